The SMILES string of the molecule is CCCC[C@@H](C)NC(=O)c1ccc(-c2ccncc2)[nH]c1=O. The Balaban J connectivity index is 2.13. The summed E-state index contributed by atoms with van der Waals surface area (Å²) in [5.41, 5.74) is 1.29. The highest BCUT2D eigenvalue weighted by molar-refractivity contribution is 5.94. The Morgan fingerprint density at radius 3 is 2.64 bits per heavy atom. The second-order valence-corrected chi connectivity index (χ2v) is 5.37. The maximum absolute atomic E-state index is 12.1. The monoisotopic (exact) mass is 299 g/mol. The molecule has 0 saturated carbocycles. The smallest absolute Gasteiger partial charge is 0.261 e. The first-order valence-corrected chi connectivity index (χ1v) is 7.56. The number of carbonyl (C=O) groups is 1. The van der Waals surface area contributed by atoms with Crippen molar-refractivity contribution in [2.45, 2.75) is 39.2 Å². The number of rotatable bonds is 6. The summed E-state index contributed by atoms with van der Waals surface area (Å²) in [6.45, 7) is 4.06. The number of unbranched alkanes of at least 4 members (excludes halogenated alkanes) is 1. The molecule has 0 radical (unpaired) electrons. The molecule has 0 unspecified atom stereocenters. The van der Waals surface area contributed by atoms with Gasteiger partial charge in [-0.2, -0.15) is 0 Å². The molecule has 0 aliphatic carbocycles. The van der Waals surface area contributed by atoms with E-state index < -0.39 is 0 Å². The minimum absolute atomic E-state index is 0.0618. The molecule has 2 heterocycles. The molecule has 2 rings (SSSR count). The molecule has 0 spiro atoms. The molecule has 0 aliphatic heterocycles. The van der Waals surface area contributed by atoms with Crippen LogP contribution in [0.2, 0.25) is 0 Å². The molecule has 0 bridgehead atoms. The van der Waals surface area contributed by atoms with E-state index >= 15 is 0 Å². The normalized spacial score (nSPS) is 11.9. The van der Waals surface area contributed by atoms with E-state index in [4.69, 9.17) is 0 Å². The van der Waals surface area contributed by atoms with Crippen LogP contribution in [-0.4, -0.2) is 21.9 Å². The molecule has 22 heavy (non-hydrogen) atoms. The average Bonchev–Trinajstić information content (AvgIpc) is 2.53. The topological polar surface area (TPSA) is 74.8 Å². The summed E-state index contributed by atoms with van der Waals surface area (Å²) in [6, 6.07) is 6.97. The van der Waals surface area contributed by atoms with Gasteiger partial charge < -0.3 is 10.3 Å². The van der Waals surface area contributed by atoms with Crippen LogP contribution in [0, 0.1) is 0 Å². The summed E-state index contributed by atoms with van der Waals surface area (Å²) in [5.74, 6) is -0.328. The zero-order valence-corrected chi connectivity index (χ0v) is 12.9. The Labute approximate surface area is 129 Å². The zero-order valence-electron chi connectivity index (χ0n) is 12.9. The van der Waals surface area contributed by atoms with E-state index in [0.29, 0.717) is 5.69 Å². The van der Waals surface area contributed by atoms with Crippen LogP contribution < -0.4 is 10.9 Å². The van der Waals surface area contributed by atoms with Crippen molar-refractivity contribution in [1.29, 1.82) is 0 Å². The average molecular weight is 299 g/mol. The van der Waals surface area contributed by atoms with Crippen molar-refractivity contribution in [2.75, 3.05) is 0 Å². The Bertz CT molecular complexity index is 680. The van der Waals surface area contributed by atoms with Gasteiger partial charge in [0.15, 0.2) is 0 Å². The lowest BCUT2D eigenvalue weighted by Gasteiger charge is -2.13. The molecule has 1 amide bonds. The van der Waals surface area contributed by atoms with Crippen molar-refractivity contribution in [1.82, 2.24) is 15.3 Å². The maximum atomic E-state index is 12.1. The third-order valence-electron chi connectivity index (χ3n) is 3.51. The third-order valence-corrected chi connectivity index (χ3v) is 3.51. The first-order valence-electron chi connectivity index (χ1n) is 7.56. The molecule has 0 fully saturated rings. The van der Waals surface area contributed by atoms with E-state index in [-0.39, 0.29) is 23.1 Å². The van der Waals surface area contributed by atoms with Gasteiger partial charge in [0, 0.05) is 29.7 Å². The third kappa shape index (κ3) is 4.04. The van der Waals surface area contributed by atoms with Crippen LogP contribution in [0.15, 0.2) is 41.5 Å². The summed E-state index contributed by atoms with van der Waals surface area (Å²) in [7, 11) is 0. The van der Waals surface area contributed by atoms with Gasteiger partial charge in [-0.25, -0.2) is 0 Å². The molecule has 0 aliphatic rings. The fourth-order valence-electron chi connectivity index (χ4n) is 2.24. The minimum Gasteiger partial charge on any atom is -0.349 e. The quantitative estimate of drug-likeness (QED) is 0.861. The van der Waals surface area contributed by atoms with Gasteiger partial charge in [0.25, 0.3) is 11.5 Å². The molecule has 0 saturated heterocycles. The number of nitrogens with one attached hydrogen (secondary N) is 2. The van der Waals surface area contributed by atoms with E-state index in [0.717, 1.165) is 24.8 Å². The fourth-order valence-corrected chi connectivity index (χ4v) is 2.24. The zero-order chi connectivity index (χ0) is 15.9. The summed E-state index contributed by atoms with van der Waals surface area (Å²) in [5, 5.41) is 2.86. The number of aromatic amines is 1. The van der Waals surface area contributed by atoms with Crippen LogP contribution in [0.4, 0.5) is 0 Å². The highest BCUT2D eigenvalue weighted by atomic mass is 16.2. The lowest BCUT2D eigenvalue weighted by atomic mass is 10.1. The van der Waals surface area contributed by atoms with Crippen molar-refractivity contribution in [3.63, 3.8) is 0 Å². The molecular formula is C17H21N3O2. The standard InChI is InChI=1S/C17H21N3O2/c1-3-4-5-12(2)19-16(21)14-6-7-15(20-17(14)22)13-8-10-18-11-9-13/h6-12H,3-5H2,1-2H3,(H,19,21)(H,20,22)/t12-/m1/s1. The lowest BCUT2D eigenvalue weighted by Crippen LogP contribution is -2.35. The number of amides is 1. The van der Waals surface area contributed by atoms with Crippen molar-refractivity contribution < 1.29 is 4.79 Å². The molecule has 5 heteroatoms. The van der Waals surface area contributed by atoms with Gasteiger partial charge in [-0.15, -0.1) is 0 Å². The Hall–Kier alpha value is -2.43. The number of pyridine rings is 2. The highest BCUT2D eigenvalue weighted by Crippen LogP contribution is 2.13. The number of aromatic nitrogens is 2. The number of nitrogens with zero attached hydrogens (tertiary/aromatic N) is 1. The second-order valence-electron chi connectivity index (χ2n) is 5.37. The van der Waals surface area contributed by atoms with Crippen LogP contribution >= 0.6 is 0 Å². The van der Waals surface area contributed by atoms with Crippen molar-refractivity contribution in [2.24, 2.45) is 0 Å². The predicted octanol–water partition coefficient (Wildman–Crippen LogP) is 2.75. The van der Waals surface area contributed by atoms with Gasteiger partial charge in [-0.05, 0) is 37.6 Å². The van der Waals surface area contributed by atoms with E-state index in [1.54, 1.807) is 36.7 Å². The van der Waals surface area contributed by atoms with Gasteiger partial charge in [0.05, 0.1) is 0 Å². The van der Waals surface area contributed by atoms with Gasteiger partial charge >= 0.3 is 0 Å². The number of hydrogen-bond acceptors (Lipinski definition) is 3. The summed E-state index contributed by atoms with van der Waals surface area (Å²) in [4.78, 5) is 30.9. The Morgan fingerprint density at radius 2 is 2.00 bits per heavy atom. The van der Waals surface area contributed by atoms with Crippen LogP contribution in [0.3, 0.4) is 0 Å². The largest absolute Gasteiger partial charge is 0.349 e. The van der Waals surface area contributed by atoms with E-state index in [1.165, 1.54) is 0 Å². The van der Waals surface area contributed by atoms with E-state index in [1.807, 2.05) is 6.92 Å². The van der Waals surface area contributed by atoms with Crippen LogP contribution in [0.5, 0.6) is 0 Å². The first-order chi connectivity index (χ1) is 10.6. The molecular weight excluding hydrogens is 278 g/mol. The van der Waals surface area contributed by atoms with E-state index in [9.17, 15) is 9.59 Å². The Morgan fingerprint density at radius 1 is 1.27 bits per heavy atom. The van der Waals surface area contributed by atoms with Crippen molar-refractivity contribution in [3.8, 4) is 11.3 Å². The number of H-pyrrole nitrogens is 1. The molecule has 2 N–H and O–H groups in total. The maximum Gasteiger partial charge on any atom is 0.261 e. The van der Waals surface area contributed by atoms with Gasteiger partial charge in [-0.3, -0.25) is 14.6 Å². The minimum atomic E-state index is -0.380. The summed E-state index contributed by atoms with van der Waals surface area (Å²) in [6.07, 6.45) is 6.36. The molecule has 2 aromatic heterocycles. The van der Waals surface area contributed by atoms with Crippen LogP contribution in [-0.2, 0) is 0 Å². The second kappa shape index (κ2) is 7.54. The molecule has 116 valence electrons. The van der Waals surface area contributed by atoms with Crippen molar-refractivity contribution >= 4 is 5.91 Å². The van der Waals surface area contributed by atoms with Crippen LogP contribution in [0.25, 0.3) is 11.3 Å². The summed E-state index contributed by atoms with van der Waals surface area (Å²) < 4.78 is 0. The van der Waals surface area contributed by atoms with Crippen molar-refractivity contribution in [3.05, 3.63) is 52.6 Å². The fraction of sp³-hybridized carbons (Fsp3) is 0.353. The molecule has 1 atom stereocenters. The first kappa shape index (κ1) is 15.9. The molecule has 0 aromatic carbocycles. The van der Waals surface area contributed by atoms with Gasteiger partial charge in [0.2, 0.25) is 0 Å². The van der Waals surface area contributed by atoms with Gasteiger partial charge in [-0.1, -0.05) is 19.8 Å². The lowest BCUT2D eigenvalue weighted by molar-refractivity contribution is 0.0936. The molecule has 5 nitrogen and oxygen atoms in total. The van der Waals surface area contributed by atoms with Crippen LogP contribution in [0.1, 0.15) is 43.5 Å². The predicted molar refractivity (Wildman–Crippen MR) is 86.7 cm³/mol. The molecule has 2 aromatic rings. The number of carbonyl (C=O) groups excluding carboxylic acids is 1. The summed E-state index contributed by atoms with van der Waals surface area (Å²) >= 11 is 0. The van der Waals surface area contributed by atoms with E-state index in [2.05, 4.69) is 22.2 Å². The van der Waals surface area contributed by atoms with Gasteiger partial charge in [0.1, 0.15) is 5.56 Å². The number of hydrogen-bond donors (Lipinski definition) is 2. The Kier molecular flexibility index (Phi) is 5.47. The highest BCUT2D eigenvalue weighted by Gasteiger charge is 2.13.